The van der Waals surface area contributed by atoms with Crippen molar-refractivity contribution in [2.75, 3.05) is 0 Å². The molecule has 0 N–H and O–H groups in total. The number of halogens is 1. The molecule has 3 nitrogen and oxygen atoms in total. The number of pyridine rings is 1. The first-order chi connectivity index (χ1) is 11.9. The summed E-state index contributed by atoms with van der Waals surface area (Å²) in [7, 11) is 0. The van der Waals surface area contributed by atoms with Crippen LogP contribution in [0.15, 0.2) is 91.4 Å². The summed E-state index contributed by atoms with van der Waals surface area (Å²) in [6.07, 6.45) is 6.21. The van der Waals surface area contributed by atoms with E-state index in [1.165, 1.54) is 11.1 Å². The molecule has 4 heteroatoms. The van der Waals surface area contributed by atoms with Crippen molar-refractivity contribution < 1.29 is 26.1 Å². The van der Waals surface area contributed by atoms with Crippen LogP contribution in [0.25, 0.3) is 5.65 Å². The number of ether oxygens (including phenoxy) is 1. The Kier molecular flexibility index (Phi) is 5.51. The molecule has 4 aromatic rings. The van der Waals surface area contributed by atoms with Crippen molar-refractivity contribution in [2.45, 2.75) is 13.2 Å². The molecule has 0 aliphatic carbocycles. The van der Waals surface area contributed by atoms with E-state index in [2.05, 4.69) is 57.8 Å². The first kappa shape index (κ1) is 17.2. The minimum absolute atomic E-state index is 0. The van der Waals surface area contributed by atoms with Gasteiger partial charge in [-0.1, -0.05) is 60.7 Å². The van der Waals surface area contributed by atoms with Gasteiger partial charge in [-0.3, -0.25) is 0 Å². The van der Waals surface area contributed by atoms with E-state index in [9.17, 15) is 0 Å². The van der Waals surface area contributed by atoms with Crippen LogP contribution < -0.4 is 26.1 Å². The molecule has 0 aliphatic heterocycles. The normalized spacial score (nSPS) is 10.4. The molecule has 2 aromatic heterocycles. The standard InChI is InChI=1S/C21H19N2O.BrH/c1-3-8-18(9-4-1)16-23-15-14-22-13-7-12-20(21(22)23)24-17-19-10-5-2-6-11-19;/h1-15H,16-17H2;1H/q+1;/p-1. The Morgan fingerprint density at radius 3 is 2.16 bits per heavy atom. The first-order valence-corrected chi connectivity index (χ1v) is 8.10. The van der Waals surface area contributed by atoms with Crippen molar-refractivity contribution in [3.05, 3.63) is 103 Å². The van der Waals surface area contributed by atoms with Crippen LogP contribution in [0.1, 0.15) is 11.1 Å². The van der Waals surface area contributed by atoms with Crippen molar-refractivity contribution in [2.24, 2.45) is 0 Å². The molecule has 2 aromatic carbocycles. The molecular weight excluding hydrogens is 376 g/mol. The highest BCUT2D eigenvalue weighted by Crippen LogP contribution is 2.19. The predicted octanol–water partition coefficient (Wildman–Crippen LogP) is 0.858. The van der Waals surface area contributed by atoms with E-state index in [1.54, 1.807) is 0 Å². The molecule has 0 fully saturated rings. The monoisotopic (exact) mass is 394 g/mol. The summed E-state index contributed by atoms with van der Waals surface area (Å²) in [6.45, 7) is 1.39. The van der Waals surface area contributed by atoms with E-state index in [0.29, 0.717) is 6.61 Å². The van der Waals surface area contributed by atoms with E-state index in [4.69, 9.17) is 4.74 Å². The van der Waals surface area contributed by atoms with Crippen LogP contribution >= 0.6 is 0 Å². The Hall–Kier alpha value is -2.59. The van der Waals surface area contributed by atoms with E-state index >= 15 is 0 Å². The van der Waals surface area contributed by atoms with Crippen LogP contribution in [0.4, 0.5) is 0 Å². The van der Waals surface area contributed by atoms with Crippen LogP contribution in [0.5, 0.6) is 5.75 Å². The zero-order valence-electron chi connectivity index (χ0n) is 13.8. The minimum atomic E-state index is 0. The Bertz CT molecular complexity index is 936. The molecular formula is C21H19BrN2O. The number of aromatic nitrogens is 2. The lowest BCUT2D eigenvalue weighted by atomic mass is 10.2. The van der Waals surface area contributed by atoms with Crippen LogP contribution in [-0.2, 0) is 13.2 Å². The first-order valence-electron chi connectivity index (χ1n) is 8.10. The van der Waals surface area contributed by atoms with Crippen molar-refractivity contribution in [1.82, 2.24) is 4.57 Å². The smallest absolute Gasteiger partial charge is 0.329 e. The number of imidazole rings is 1. The van der Waals surface area contributed by atoms with Gasteiger partial charge in [0.1, 0.15) is 25.5 Å². The highest BCUT2D eigenvalue weighted by Gasteiger charge is 2.16. The molecule has 0 amide bonds. The molecule has 0 atom stereocenters. The molecule has 25 heavy (non-hydrogen) atoms. The Labute approximate surface area is 157 Å². The zero-order valence-corrected chi connectivity index (χ0v) is 15.3. The molecule has 0 bridgehead atoms. The Balaban J connectivity index is 0.00000182. The van der Waals surface area contributed by atoms with Gasteiger partial charge < -0.3 is 21.7 Å². The Morgan fingerprint density at radius 1 is 0.760 bits per heavy atom. The third-order valence-electron chi connectivity index (χ3n) is 4.07. The van der Waals surface area contributed by atoms with Gasteiger partial charge in [0.2, 0.25) is 5.75 Å². The maximum absolute atomic E-state index is 6.10. The van der Waals surface area contributed by atoms with Gasteiger partial charge in [-0.25, -0.2) is 4.57 Å². The Morgan fingerprint density at radius 2 is 1.44 bits per heavy atom. The second-order valence-corrected chi connectivity index (χ2v) is 5.79. The quantitative estimate of drug-likeness (QED) is 0.459. The SMILES string of the molecule is [Br-].c1ccc(COc2ccc[n+]3ccn(Cc4ccccc4)c23)cc1. The highest BCUT2D eigenvalue weighted by atomic mass is 79.9. The van der Waals surface area contributed by atoms with Gasteiger partial charge in [0.15, 0.2) is 0 Å². The fourth-order valence-corrected chi connectivity index (χ4v) is 2.88. The largest absolute Gasteiger partial charge is 1.00 e. The number of fused-ring (bicyclic) bond motifs is 1. The maximum atomic E-state index is 6.10. The summed E-state index contributed by atoms with van der Waals surface area (Å²) in [6, 6.07) is 24.8. The van der Waals surface area contributed by atoms with E-state index in [0.717, 1.165) is 17.9 Å². The molecule has 0 unspecified atom stereocenters. The van der Waals surface area contributed by atoms with Gasteiger partial charge in [-0.2, -0.15) is 4.40 Å². The second kappa shape index (κ2) is 7.99. The van der Waals surface area contributed by atoms with Gasteiger partial charge in [0, 0.05) is 0 Å². The van der Waals surface area contributed by atoms with Gasteiger partial charge in [0.25, 0.3) is 0 Å². The summed E-state index contributed by atoms with van der Waals surface area (Å²) in [5.41, 5.74) is 3.51. The van der Waals surface area contributed by atoms with Gasteiger partial charge in [-0.05, 0) is 23.3 Å². The summed E-state index contributed by atoms with van der Waals surface area (Å²) in [5, 5.41) is 0. The molecule has 0 radical (unpaired) electrons. The van der Waals surface area contributed by atoms with Crippen molar-refractivity contribution >= 4 is 5.65 Å². The number of hydrogen-bond donors (Lipinski definition) is 0. The molecule has 4 rings (SSSR count). The van der Waals surface area contributed by atoms with Crippen LogP contribution in [0.3, 0.4) is 0 Å². The molecule has 2 heterocycles. The predicted molar refractivity (Wildman–Crippen MR) is 93.9 cm³/mol. The second-order valence-electron chi connectivity index (χ2n) is 5.79. The number of benzene rings is 2. The average molecular weight is 395 g/mol. The summed E-state index contributed by atoms with van der Waals surface area (Å²) >= 11 is 0. The van der Waals surface area contributed by atoms with Crippen molar-refractivity contribution in [1.29, 1.82) is 0 Å². The van der Waals surface area contributed by atoms with E-state index < -0.39 is 0 Å². The zero-order chi connectivity index (χ0) is 16.2. The van der Waals surface area contributed by atoms with Crippen LogP contribution in [-0.4, -0.2) is 4.57 Å². The van der Waals surface area contributed by atoms with Crippen molar-refractivity contribution in [3.63, 3.8) is 0 Å². The maximum Gasteiger partial charge on any atom is 0.329 e. The lowest BCUT2D eigenvalue weighted by Gasteiger charge is -2.07. The lowest BCUT2D eigenvalue weighted by molar-refractivity contribution is -0.511. The summed E-state index contributed by atoms with van der Waals surface area (Å²) in [5.74, 6) is 0.891. The summed E-state index contributed by atoms with van der Waals surface area (Å²) in [4.78, 5) is 0. The molecule has 0 aliphatic rings. The van der Waals surface area contributed by atoms with Gasteiger partial charge >= 0.3 is 5.65 Å². The van der Waals surface area contributed by atoms with Gasteiger partial charge in [-0.15, -0.1) is 0 Å². The van der Waals surface area contributed by atoms with Crippen LogP contribution in [0, 0.1) is 0 Å². The molecule has 0 saturated carbocycles. The van der Waals surface area contributed by atoms with E-state index in [1.807, 2.05) is 42.6 Å². The third-order valence-corrected chi connectivity index (χ3v) is 4.07. The fraction of sp³-hybridized carbons (Fsp3) is 0.0952. The average Bonchev–Trinajstić information content (AvgIpc) is 3.05. The van der Waals surface area contributed by atoms with Crippen LogP contribution in [0.2, 0.25) is 0 Å². The fourth-order valence-electron chi connectivity index (χ4n) is 2.88. The highest BCUT2D eigenvalue weighted by molar-refractivity contribution is 5.48. The van der Waals surface area contributed by atoms with Crippen molar-refractivity contribution in [3.8, 4) is 5.75 Å². The van der Waals surface area contributed by atoms with Gasteiger partial charge in [0.05, 0.1) is 6.20 Å². The minimum Gasteiger partial charge on any atom is -1.00 e. The number of hydrogen-bond acceptors (Lipinski definition) is 1. The lowest BCUT2D eigenvalue weighted by Crippen LogP contribution is -3.00. The topological polar surface area (TPSA) is 18.3 Å². The molecule has 126 valence electrons. The molecule has 0 saturated heterocycles. The number of nitrogens with zero attached hydrogens (tertiary/aromatic N) is 2. The number of rotatable bonds is 5. The third kappa shape index (κ3) is 3.91. The summed E-state index contributed by atoms with van der Waals surface area (Å²) < 4.78 is 10.4. The molecule has 0 spiro atoms. The van der Waals surface area contributed by atoms with E-state index in [-0.39, 0.29) is 17.0 Å².